The highest BCUT2D eigenvalue weighted by Crippen LogP contribution is 2.62. The Morgan fingerprint density at radius 3 is 2.88 bits per heavy atom. The van der Waals surface area contributed by atoms with Crippen LogP contribution in [0.5, 0.6) is 0 Å². The van der Waals surface area contributed by atoms with Gasteiger partial charge in [-0.3, -0.25) is 9.59 Å². The molecule has 34 heavy (non-hydrogen) atoms. The molecule has 2 fully saturated rings. The molecule has 0 aliphatic heterocycles. The van der Waals surface area contributed by atoms with Crippen molar-refractivity contribution in [2.45, 2.75) is 71.1 Å². The van der Waals surface area contributed by atoms with Crippen LogP contribution in [0.2, 0.25) is 0 Å². The average molecular weight is 480 g/mol. The van der Waals surface area contributed by atoms with E-state index in [1.807, 2.05) is 19.1 Å². The van der Waals surface area contributed by atoms with Gasteiger partial charge in [0.1, 0.15) is 5.78 Å². The van der Waals surface area contributed by atoms with E-state index >= 15 is 0 Å². The summed E-state index contributed by atoms with van der Waals surface area (Å²) < 4.78 is 0. The molecule has 5 atom stereocenters. The minimum absolute atomic E-state index is 0.00331. The molecule has 2 aromatic rings. The zero-order valence-corrected chi connectivity index (χ0v) is 20.7. The number of rotatable bonds is 6. The number of anilines is 1. The fourth-order valence-electron chi connectivity index (χ4n) is 7.21. The Morgan fingerprint density at radius 2 is 2.15 bits per heavy atom. The summed E-state index contributed by atoms with van der Waals surface area (Å²) in [5.41, 5.74) is 2.87. The van der Waals surface area contributed by atoms with E-state index in [1.165, 1.54) is 22.5 Å². The second-order valence-electron chi connectivity index (χ2n) is 10.7. The van der Waals surface area contributed by atoms with Gasteiger partial charge in [0.05, 0.1) is 0 Å². The van der Waals surface area contributed by atoms with Crippen LogP contribution >= 0.6 is 11.3 Å². The summed E-state index contributed by atoms with van der Waals surface area (Å²) in [5.74, 6) is 2.00. The molecule has 1 heterocycles. The molecule has 3 N–H and O–H groups in total. The number of hydrogen-bond donors (Lipinski definition) is 3. The number of ketones is 1. The number of fused-ring (bicyclic) bond motifs is 5. The third-order valence-corrected chi connectivity index (χ3v) is 9.57. The first-order chi connectivity index (χ1) is 16.3. The number of nitrogens with zero attached hydrogens (tertiary/aromatic N) is 1. The molecule has 3 aliphatic rings. The molecule has 2 saturated carbocycles. The molecule has 180 valence electrons. The Labute approximate surface area is 205 Å². The molecule has 6 nitrogen and oxygen atoms in total. The number of aryl methyl sites for hydroxylation is 2. The number of nitrogens with one attached hydrogen (secondary N) is 1. The van der Waals surface area contributed by atoms with E-state index in [9.17, 15) is 19.6 Å². The first kappa shape index (κ1) is 23.7. The summed E-state index contributed by atoms with van der Waals surface area (Å²) in [6.45, 7) is 4.16. The second kappa shape index (κ2) is 9.21. The Morgan fingerprint density at radius 1 is 1.32 bits per heavy atom. The highest BCUT2D eigenvalue weighted by atomic mass is 32.1. The minimum atomic E-state index is -1.44. The van der Waals surface area contributed by atoms with Crippen molar-refractivity contribution in [2.24, 2.45) is 23.2 Å². The number of carbonyl (C=O) groups is 2. The van der Waals surface area contributed by atoms with E-state index in [-0.39, 0.29) is 11.3 Å². The molecule has 1 aromatic carbocycles. The molecule has 0 radical (unpaired) electrons. The number of benzene rings is 1. The van der Waals surface area contributed by atoms with Gasteiger partial charge in [-0.05, 0) is 85.7 Å². The molecule has 1 aromatic heterocycles. The van der Waals surface area contributed by atoms with E-state index in [0.29, 0.717) is 52.9 Å². The van der Waals surface area contributed by atoms with Crippen LogP contribution in [-0.4, -0.2) is 33.8 Å². The molecule has 5 rings (SSSR count). The molecule has 3 aliphatic carbocycles. The van der Waals surface area contributed by atoms with Crippen molar-refractivity contribution in [1.29, 1.82) is 0 Å². The van der Waals surface area contributed by atoms with Crippen LogP contribution in [0.15, 0.2) is 24.4 Å². The van der Waals surface area contributed by atoms with E-state index in [0.717, 1.165) is 43.4 Å². The predicted molar refractivity (Wildman–Crippen MR) is 134 cm³/mol. The maximum atomic E-state index is 13.2. The van der Waals surface area contributed by atoms with Crippen LogP contribution < -0.4 is 10.8 Å². The summed E-state index contributed by atoms with van der Waals surface area (Å²) in [4.78, 5) is 30.9. The number of thiazole rings is 1. The summed E-state index contributed by atoms with van der Waals surface area (Å²) in [5, 5.41) is 22.7. The van der Waals surface area contributed by atoms with Crippen LogP contribution in [0.25, 0.3) is 0 Å². The molecule has 0 spiro atoms. The third-order valence-electron chi connectivity index (χ3n) is 8.74. The van der Waals surface area contributed by atoms with Crippen LogP contribution in [0, 0.1) is 30.1 Å². The first-order valence-corrected chi connectivity index (χ1v) is 13.3. The van der Waals surface area contributed by atoms with Crippen molar-refractivity contribution in [3.8, 4) is 0 Å². The van der Waals surface area contributed by atoms with Gasteiger partial charge in [-0.2, -0.15) is 0 Å². The van der Waals surface area contributed by atoms with Gasteiger partial charge in [0, 0.05) is 29.3 Å². The fraction of sp³-hybridized carbons (Fsp3) is 0.577. The minimum Gasteiger partial charge on any atom is -0.423 e. The topological polar surface area (TPSA) is 99.5 Å². The molecule has 8 heteroatoms. The predicted octanol–water partition coefficient (Wildman–Crippen LogP) is 3.59. The van der Waals surface area contributed by atoms with Crippen LogP contribution in [0.4, 0.5) is 5.13 Å². The Bertz CT molecular complexity index is 1100. The number of Topliss-reactive ketones (excluding diaryl/α,β-unsaturated/α-hetero) is 1. The van der Waals surface area contributed by atoms with Crippen molar-refractivity contribution in [3.05, 3.63) is 40.4 Å². The Balaban J connectivity index is 1.28. The maximum absolute atomic E-state index is 13.2. The Hall–Kier alpha value is -2.03. The van der Waals surface area contributed by atoms with E-state index in [1.54, 1.807) is 6.20 Å². The van der Waals surface area contributed by atoms with Gasteiger partial charge in [0.15, 0.2) is 5.13 Å². The fourth-order valence-corrected chi connectivity index (χ4v) is 7.89. The second-order valence-corrected chi connectivity index (χ2v) is 12.0. The van der Waals surface area contributed by atoms with Crippen LogP contribution in [0.1, 0.15) is 73.8 Å². The molecular weight excluding hydrogens is 447 g/mol. The number of carbonyl (C=O) groups excluding carboxylic acids is 2. The highest BCUT2D eigenvalue weighted by Gasteiger charge is 2.58. The van der Waals surface area contributed by atoms with Crippen molar-refractivity contribution in [2.75, 3.05) is 5.32 Å². The van der Waals surface area contributed by atoms with E-state index < -0.39 is 7.12 Å². The summed E-state index contributed by atoms with van der Waals surface area (Å²) >= 11 is 1.48. The number of aromatic nitrogens is 1. The van der Waals surface area contributed by atoms with Gasteiger partial charge in [0.25, 0.3) is 0 Å². The van der Waals surface area contributed by atoms with E-state index in [2.05, 4.69) is 23.3 Å². The summed E-state index contributed by atoms with van der Waals surface area (Å²) in [7, 11) is -1.44. The molecule has 0 saturated heterocycles. The third kappa shape index (κ3) is 4.25. The number of amides is 1. The lowest BCUT2D eigenvalue weighted by Crippen LogP contribution is -2.44. The zero-order chi connectivity index (χ0) is 24.0. The molecule has 1 amide bonds. The van der Waals surface area contributed by atoms with Crippen LogP contribution in [0.3, 0.4) is 0 Å². The normalized spacial score (nSPS) is 29.8. The largest absolute Gasteiger partial charge is 0.488 e. The lowest BCUT2D eigenvalue weighted by Gasteiger charge is -2.50. The Kier molecular flexibility index (Phi) is 6.42. The lowest BCUT2D eigenvalue weighted by molar-refractivity contribution is -0.129. The highest BCUT2D eigenvalue weighted by molar-refractivity contribution is 7.15. The molecular formula is C26H33BN2O4S. The van der Waals surface area contributed by atoms with Crippen molar-refractivity contribution in [1.82, 2.24) is 4.98 Å². The van der Waals surface area contributed by atoms with Gasteiger partial charge in [-0.15, -0.1) is 11.3 Å². The summed E-state index contributed by atoms with van der Waals surface area (Å²) in [6, 6.07) is 5.86. The van der Waals surface area contributed by atoms with Crippen molar-refractivity contribution < 1.29 is 19.6 Å². The summed E-state index contributed by atoms with van der Waals surface area (Å²) in [6.07, 6.45) is 8.43. The average Bonchev–Trinajstić information content (AvgIpc) is 3.32. The van der Waals surface area contributed by atoms with Gasteiger partial charge in [0.2, 0.25) is 5.91 Å². The zero-order valence-electron chi connectivity index (χ0n) is 19.9. The monoisotopic (exact) mass is 480 g/mol. The number of hydrogen-bond acceptors (Lipinski definition) is 6. The SMILES string of the molecule is Cc1cnc(NC(=O)CCC[C@H]2CC(=O)[C@@]3(C)CC[C@@H]4c5ccc(B(O)O)cc5CC[C@H]4[C@H]23)s1. The van der Waals surface area contributed by atoms with Crippen molar-refractivity contribution >= 4 is 40.7 Å². The smallest absolute Gasteiger partial charge is 0.423 e. The van der Waals surface area contributed by atoms with Gasteiger partial charge >= 0.3 is 7.12 Å². The standard InChI is InChI=1S/C26H33BN2O4S/c1-15-14-28-25(34-15)29-23(31)5-3-4-17-13-22(30)26(2)11-10-20-19-9-7-18(27(32)33)12-16(19)6-8-21(20)24(17)26/h7,9,12,14,17,20-21,24,32-33H,3-6,8,10-11,13H2,1-2H3,(H,28,29,31)/t17-,20+,21+,24-,26+/m0/s1. The molecule has 0 bridgehead atoms. The van der Waals surface area contributed by atoms with Gasteiger partial charge in [-0.1, -0.05) is 25.1 Å². The first-order valence-electron chi connectivity index (χ1n) is 12.5. The quantitative estimate of drug-likeness (QED) is 0.549. The maximum Gasteiger partial charge on any atom is 0.488 e. The van der Waals surface area contributed by atoms with Crippen LogP contribution in [-0.2, 0) is 16.0 Å². The lowest BCUT2D eigenvalue weighted by atomic mass is 9.53. The van der Waals surface area contributed by atoms with Crippen molar-refractivity contribution in [3.63, 3.8) is 0 Å². The van der Waals surface area contributed by atoms with E-state index in [4.69, 9.17) is 0 Å². The van der Waals surface area contributed by atoms with Gasteiger partial charge in [-0.25, -0.2) is 4.98 Å². The molecule has 0 unspecified atom stereocenters. The van der Waals surface area contributed by atoms with Gasteiger partial charge < -0.3 is 15.4 Å².